The molecule has 0 aliphatic carbocycles. The minimum Gasteiger partial charge on any atom is -0.504 e. The third-order valence-corrected chi connectivity index (χ3v) is 6.04. The molecular formula is C20H21O6+. The number of epoxide rings is 1. The minimum absolute atomic E-state index is 0.0164. The summed E-state index contributed by atoms with van der Waals surface area (Å²) in [4.78, 5) is 0. The van der Waals surface area contributed by atoms with Crippen molar-refractivity contribution in [2.75, 3.05) is 27.4 Å². The van der Waals surface area contributed by atoms with Crippen molar-refractivity contribution in [2.45, 2.75) is 17.8 Å². The molecule has 6 heteroatoms. The summed E-state index contributed by atoms with van der Waals surface area (Å²) in [5.41, 5.74) is 2.09. The van der Waals surface area contributed by atoms with Crippen LogP contribution >= 0.6 is 0 Å². The van der Waals surface area contributed by atoms with Gasteiger partial charge in [0.15, 0.2) is 29.6 Å². The molecule has 0 saturated carbocycles. The van der Waals surface area contributed by atoms with Crippen LogP contribution in [0, 0.1) is 5.92 Å². The lowest BCUT2D eigenvalue weighted by atomic mass is 9.82. The predicted molar refractivity (Wildman–Crippen MR) is 92.9 cm³/mol. The Balaban J connectivity index is 1.42. The summed E-state index contributed by atoms with van der Waals surface area (Å²) in [6.07, 6.45) is 0.197. The van der Waals surface area contributed by atoms with Gasteiger partial charge in [-0.2, -0.15) is 0 Å². The van der Waals surface area contributed by atoms with Gasteiger partial charge < -0.3 is 28.8 Å². The predicted octanol–water partition coefficient (Wildman–Crippen LogP) is 2.86. The Kier molecular flexibility index (Phi) is 3.21. The average molecular weight is 357 g/mol. The van der Waals surface area contributed by atoms with Crippen molar-refractivity contribution in [3.63, 3.8) is 0 Å². The number of methoxy groups -OCH3 is 2. The highest BCUT2D eigenvalue weighted by atomic mass is 16.8. The van der Waals surface area contributed by atoms with Gasteiger partial charge in [0.25, 0.3) is 11.7 Å². The van der Waals surface area contributed by atoms with Gasteiger partial charge in [0.05, 0.1) is 14.2 Å². The highest BCUT2D eigenvalue weighted by Gasteiger charge is 2.90. The van der Waals surface area contributed by atoms with Crippen LogP contribution in [0.25, 0.3) is 0 Å². The lowest BCUT2D eigenvalue weighted by molar-refractivity contribution is -0.133. The smallest absolute Gasteiger partial charge is 0.279 e. The maximum atomic E-state index is 9.83. The van der Waals surface area contributed by atoms with Crippen molar-refractivity contribution in [3.8, 4) is 23.0 Å². The lowest BCUT2D eigenvalue weighted by Crippen LogP contribution is -2.40. The Bertz CT molecular complexity index is 829. The molecule has 0 unspecified atom stereocenters. The quantitative estimate of drug-likeness (QED) is 0.650. The molecule has 0 radical (unpaired) electrons. The van der Waals surface area contributed by atoms with Crippen LogP contribution in [0.2, 0.25) is 0 Å². The van der Waals surface area contributed by atoms with E-state index < -0.39 is 0 Å². The maximum Gasteiger partial charge on any atom is 0.279 e. The molecule has 2 aromatic carbocycles. The van der Waals surface area contributed by atoms with E-state index in [-0.39, 0.29) is 29.3 Å². The number of benzene rings is 2. The first-order valence-corrected chi connectivity index (χ1v) is 8.65. The van der Waals surface area contributed by atoms with Crippen molar-refractivity contribution in [1.29, 1.82) is 0 Å². The molecule has 0 amide bonds. The van der Waals surface area contributed by atoms with E-state index in [4.69, 9.17) is 14.2 Å². The molecule has 0 aromatic heterocycles. The van der Waals surface area contributed by atoms with Crippen LogP contribution < -0.4 is 9.47 Å². The van der Waals surface area contributed by atoms with Crippen molar-refractivity contribution >= 4 is 0 Å². The number of hydrogen-bond acceptors (Lipinski definition) is 5. The molecule has 0 bridgehead atoms. The summed E-state index contributed by atoms with van der Waals surface area (Å²) >= 11 is 0. The standard InChI is InChI=1S/C20H20O6/c1-23-16-7-11(3-5-14(16)21)18-13-9-26-19(20(13,26)10-25-18)12-4-6-15(22)17(8-12)24-2/h3-8,13,18-19H,9-10H2,1-2H3,(H-,21,22)/p+1/t13-,18-,19-,20-/m1/s1. The normalized spacial score (nSPS) is 31.7. The zero-order valence-electron chi connectivity index (χ0n) is 14.6. The Hall–Kier alpha value is -2.44. The summed E-state index contributed by atoms with van der Waals surface area (Å²) in [5.74, 6) is 1.60. The van der Waals surface area contributed by atoms with Gasteiger partial charge in [0, 0.05) is 5.56 Å². The van der Waals surface area contributed by atoms with Gasteiger partial charge in [0.2, 0.25) is 0 Å². The lowest BCUT2D eigenvalue weighted by Gasteiger charge is -2.25. The van der Waals surface area contributed by atoms with Gasteiger partial charge in [-0.3, -0.25) is 0 Å². The number of phenolic OH excluding ortho intramolecular Hbond substituents is 2. The van der Waals surface area contributed by atoms with Crippen LogP contribution in [-0.2, 0) is 9.10 Å². The largest absolute Gasteiger partial charge is 0.504 e. The van der Waals surface area contributed by atoms with Crippen LogP contribution in [-0.4, -0.2) is 43.2 Å². The molecule has 136 valence electrons. The second kappa shape index (κ2) is 5.28. The fourth-order valence-corrected chi connectivity index (χ4v) is 4.69. The van der Waals surface area contributed by atoms with Gasteiger partial charge >= 0.3 is 0 Å². The number of phenols is 2. The average Bonchev–Trinajstić information content (AvgIpc) is 3.00. The first kappa shape index (κ1) is 15.8. The molecule has 3 heterocycles. The Morgan fingerprint density at radius 2 is 1.62 bits per heavy atom. The first-order chi connectivity index (χ1) is 12.6. The van der Waals surface area contributed by atoms with E-state index in [1.165, 1.54) is 0 Å². The highest BCUT2D eigenvalue weighted by molar-refractivity contribution is 5.47. The molecule has 4 atom stereocenters. The second-order valence-corrected chi connectivity index (χ2v) is 7.13. The fraction of sp³-hybridized carbons (Fsp3) is 0.400. The van der Waals surface area contributed by atoms with E-state index in [1.807, 2.05) is 24.3 Å². The van der Waals surface area contributed by atoms with E-state index in [9.17, 15) is 10.2 Å². The van der Waals surface area contributed by atoms with E-state index in [0.717, 1.165) is 17.7 Å². The first-order valence-electron chi connectivity index (χ1n) is 8.65. The Morgan fingerprint density at radius 1 is 1.00 bits per heavy atom. The van der Waals surface area contributed by atoms with Crippen molar-refractivity contribution in [1.82, 2.24) is 0 Å². The number of rotatable bonds is 4. The topological polar surface area (TPSA) is 70.9 Å². The van der Waals surface area contributed by atoms with E-state index in [0.29, 0.717) is 24.0 Å². The van der Waals surface area contributed by atoms with Crippen LogP contribution in [0.5, 0.6) is 23.0 Å². The summed E-state index contributed by atoms with van der Waals surface area (Å²) < 4.78 is 20.0. The summed E-state index contributed by atoms with van der Waals surface area (Å²) in [6, 6.07) is 10.9. The van der Waals surface area contributed by atoms with Crippen LogP contribution in [0.1, 0.15) is 23.3 Å². The van der Waals surface area contributed by atoms with Crippen LogP contribution in [0.3, 0.4) is 0 Å². The zero-order chi connectivity index (χ0) is 18.1. The molecule has 3 aliphatic heterocycles. The third-order valence-electron chi connectivity index (χ3n) is 6.04. The second-order valence-electron chi connectivity index (χ2n) is 7.13. The molecule has 6 nitrogen and oxygen atoms in total. The van der Waals surface area contributed by atoms with Gasteiger partial charge in [-0.15, -0.1) is 0 Å². The molecule has 2 N–H and O–H groups in total. The van der Waals surface area contributed by atoms with Gasteiger partial charge in [-0.05, 0) is 35.9 Å². The van der Waals surface area contributed by atoms with Gasteiger partial charge in [-0.25, -0.2) is 0 Å². The van der Waals surface area contributed by atoms with E-state index >= 15 is 0 Å². The summed E-state index contributed by atoms with van der Waals surface area (Å²) in [7, 11) is 3.10. The third kappa shape index (κ3) is 1.88. The molecular weight excluding hydrogens is 336 g/mol. The number of ether oxygens (including phenoxy) is 3. The van der Waals surface area contributed by atoms with Crippen molar-refractivity contribution < 1.29 is 28.8 Å². The van der Waals surface area contributed by atoms with Crippen LogP contribution in [0.15, 0.2) is 36.4 Å². The Morgan fingerprint density at radius 3 is 2.27 bits per heavy atom. The molecule has 1 spiro atoms. The fourth-order valence-electron chi connectivity index (χ4n) is 4.69. The maximum absolute atomic E-state index is 9.83. The molecule has 3 aliphatic rings. The highest BCUT2D eigenvalue weighted by Crippen LogP contribution is 2.75. The number of aromatic hydroxyl groups is 2. The monoisotopic (exact) mass is 357 g/mol. The zero-order valence-corrected chi connectivity index (χ0v) is 14.6. The molecule has 3 fully saturated rings. The van der Waals surface area contributed by atoms with Crippen LogP contribution in [0.4, 0.5) is 0 Å². The van der Waals surface area contributed by atoms with Gasteiger partial charge in [-0.1, -0.05) is 6.07 Å². The number of hydrogen-bond donors (Lipinski definition) is 2. The molecule has 5 rings (SSSR count). The molecule has 2 aromatic rings. The summed E-state index contributed by atoms with van der Waals surface area (Å²) in [5, 5.41) is 19.7. The Labute approximate surface area is 151 Å². The van der Waals surface area contributed by atoms with Crippen molar-refractivity contribution in [2.24, 2.45) is 5.92 Å². The molecule has 3 saturated heterocycles. The SMILES string of the molecule is COc1cc([C@H]2OC[C@]34[C@@H]2C[O+]3[C@@H]4c2ccc(O)c(OC)c2)ccc1O. The van der Waals surface area contributed by atoms with E-state index in [1.54, 1.807) is 26.4 Å². The molecule has 26 heavy (non-hydrogen) atoms. The minimum atomic E-state index is -0.0439. The summed E-state index contributed by atoms with van der Waals surface area (Å²) in [6.45, 7) is 1.53. The van der Waals surface area contributed by atoms with Gasteiger partial charge in [0.1, 0.15) is 18.6 Å². The van der Waals surface area contributed by atoms with Crippen molar-refractivity contribution in [3.05, 3.63) is 47.5 Å². The van der Waals surface area contributed by atoms with E-state index in [2.05, 4.69) is 4.37 Å².